The van der Waals surface area contributed by atoms with E-state index in [1.165, 1.54) is 19.1 Å². The molecule has 0 saturated carbocycles. The second-order valence-corrected chi connectivity index (χ2v) is 5.19. The molecular weight excluding hydrogens is 305 g/mol. The van der Waals surface area contributed by atoms with Crippen LogP contribution in [0.3, 0.4) is 0 Å². The molecule has 2 rings (SSSR count). The van der Waals surface area contributed by atoms with Crippen LogP contribution in [0.15, 0.2) is 24.3 Å². The van der Waals surface area contributed by atoms with Crippen LogP contribution < -0.4 is 5.73 Å². The number of carbonyl (C=O) groups excluding carboxylic acids is 2. The van der Waals surface area contributed by atoms with Crippen molar-refractivity contribution in [2.75, 3.05) is 0 Å². The number of carbonyl (C=O) groups is 2. The van der Waals surface area contributed by atoms with Gasteiger partial charge in [0, 0.05) is 12.5 Å². The molecule has 1 aromatic heterocycles. The van der Waals surface area contributed by atoms with Crippen molar-refractivity contribution >= 4 is 23.0 Å². The number of Topliss-reactive ketones (excluding diaryl/α,β-unsaturated/α-hetero) is 1. The average molecular weight is 314 g/mol. The Balaban J connectivity index is 2.45. The summed E-state index contributed by atoms with van der Waals surface area (Å²) >= 11 is 0.920. The van der Waals surface area contributed by atoms with Gasteiger partial charge in [-0.2, -0.15) is 13.2 Å². The fourth-order valence-corrected chi connectivity index (χ4v) is 2.62. The number of nitrogens with two attached hydrogens (primary N) is 1. The number of rotatable bonds is 3. The van der Waals surface area contributed by atoms with Crippen LogP contribution in [-0.4, -0.2) is 16.7 Å². The number of halogens is 3. The maximum Gasteiger partial charge on any atom is 0.416 e. The molecule has 2 aromatic rings. The Kier molecular flexibility index (Phi) is 3.82. The Morgan fingerprint density at radius 3 is 2.14 bits per heavy atom. The van der Waals surface area contributed by atoms with Crippen molar-refractivity contribution < 1.29 is 22.8 Å². The number of hydrogen-bond acceptors (Lipinski definition) is 4. The first kappa shape index (κ1) is 15.2. The minimum Gasteiger partial charge on any atom is -0.364 e. The third-order valence-electron chi connectivity index (χ3n) is 2.64. The first-order valence-corrected chi connectivity index (χ1v) is 6.51. The summed E-state index contributed by atoms with van der Waals surface area (Å²) in [5.74, 6) is -1.23. The van der Waals surface area contributed by atoms with Crippen molar-refractivity contribution in [2.45, 2.75) is 13.1 Å². The molecule has 0 aliphatic heterocycles. The summed E-state index contributed by atoms with van der Waals surface area (Å²) in [5, 5.41) is 0.266. The second kappa shape index (κ2) is 5.28. The van der Waals surface area contributed by atoms with Gasteiger partial charge in [0.15, 0.2) is 5.78 Å². The van der Waals surface area contributed by atoms with Gasteiger partial charge in [-0.05, 0) is 12.1 Å². The number of primary amides is 1. The standard InChI is InChI=1S/C13H9F3N2O2S/c1-6(19)10-9(11(17)20)18-12(21-10)7-2-4-8(5-3-7)13(14,15)16/h2-5H,1H3,(H2,17,20). The maximum absolute atomic E-state index is 12.5. The maximum atomic E-state index is 12.5. The highest BCUT2D eigenvalue weighted by Gasteiger charge is 2.30. The molecule has 0 bridgehead atoms. The number of aromatic nitrogens is 1. The Morgan fingerprint density at radius 2 is 1.76 bits per heavy atom. The lowest BCUT2D eigenvalue weighted by molar-refractivity contribution is -0.137. The largest absolute Gasteiger partial charge is 0.416 e. The molecule has 21 heavy (non-hydrogen) atoms. The van der Waals surface area contributed by atoms with E-state index in [0.29, 0.717) is 5.56 Å². The van der Waals surface area contributed by atoms with Crippen molar-refractivity contribution in [3.8, 4) is 10.6 Å². The van der Waals surface area contributed by atoms with Crippen molar-refractivity contribution in [1.82, 2.24) is 4.98 Å². The van der Waals surface area contributed by atoms with Gasteiger partial charge in [-0.3, -0.25) is 9.59 Å². The molecule has 0 spiro atoms. The molecule has 1 aromatic carbocycles. The van der Waals surface area contributed by atoms with Gasteiger partial charge in [-0.15, -0.1) is 11.3 Å². The summed E-state index contributed by atoms with van der Waals surface area (Å²) in [5.41, 5.74) is 4.56. The van der Waals surface area contributed by atoms with Crippen LogP contribution in [0.4, 0.5) is 13.2 Å². The van der Waals surface area contributed by atoms with Crippen LogP contribution in [0, 0.1) is 0 Å². The quantitative estimate of drug-likeness (QED) is 0.885. The van der Waals surface area contributed by atoms with Crippen LogP contribution in [-0.2, 0) is 6.18 Å². The van der Waals surface area contributed by atoms with E-state index in [1.807, 2.05) is 0 Å². The summed E-state index contributed by atoms with van der Waals surface area (Å²) in [6.45, 7) is 1.26. The van der Waals surface area contributed by atoms with Crippen molar-refractivity contribution in [2.24, 2.45) is 5.73 Å². The molecule has 0 atom stereocenters. The highest BCUT2D eigenvalue weighted by molar-refractivity contribution is 7.17. The summed E-state index contributed by atoms with van der Waals surface area (Å²) in [7, 11) is 0. The van der Waals surface area contributed by atoms with Crippen LogP contribution >= 0.6 is 11.3 Å². The zero-order valence-corrected chi connectivity index (χ0v) is 11.5. The molecule has 0 unspecified atom stereocenters. The normalized spacial score (nSPS) is 11.4. The van der Waals surface area contributed by atoms with Crippen LogP contribution in [0.5, 0.6) is 0 Å². The zero-order valence-electron chi connectivity index (χ0n) is 10.7. The van der Waals surface area contributed by atoms with Gasteiger partial charge in [0.05, 0.1) is 5.56 Å². The van der Waals surface area contributed by atoms with Gasteiger partial charge >= 0.3 is 6.18 Å². The lowest BCUT2D eigenvalue weighted by Crippen LogP contribution is -2.14. The van der Waals surface area contributed by atoms with Gasteiger partial charge in [0.1, 0.15) is 15.6 Å². The molecule has 0 aliphatic rings. The van der Waals surface area contributed by atoms with E-state index in [9.17, 15) is 22.8 Å². The number of amides is 1. The number of nitrogens with zero attached hydrogens (tertiary/aromatic N) is 1. The van der Waals surface area contributed by atoms with Crippen LogP contribution in [0.1, 0.15) is 32.6 Å². The van der Waals surface area contributed by atoms with Crippen molar-refractivity contribution in [1.29, 1.82) is 0 Å². The molecule has 1 amide bonds. The molecule has 110 valence electrons. The predicted molar refractivity (Wildman–Crippen MR) is 71.1 cm³/mol. The Labute approximate surface area is 121 Å². The molecule has 2 N–H and O–H groups in total. The fraction of sp³-hybridized carbons (Fsp3) is 0.154. The SMILES string of the molecule is CC(=O)c1sc(-c2ccc(C(F)(F)F)cc2)nc1C(N)=O. The van der Waals surface area contributed by atoms with E-state index in [4.69, 9.17) is 5.73 Å². The summed E-state index contributed by atoms with van der Waals surface area (Å²) in [4.78, 5) is 26.7. The molecule has 1 heterocycles. The predicted octanol–water partition coefficient (Wildman–Crippen LogP) is 3.13. The van der Waals surface area contributed by atoms with Gasteiger partial charge in [-0.25, -0.2) is 4.98 Å². The average Bonchev–Trinajstić information content (AvgIpc) is 2.83. The van der Waals surface area contributed by atoms with Crippen LogP contribution in [0.2, 0.25) is 0 Å². The Hall–Kier alpha value is -2.22. The van der Waals surface area contributed by atoms with Gasteiger partial charge in [0.2, 0.25) is 0 Å². The van der Waals surface area contributed by atoms with Gasteiger partial charge < -0.3 is 5.73 Å². The number of benzene rings is 1. The van der Waals surface area contributed by atoms with Gasteiger partial charge in [0.25, 0.3) is 5.91 Å². The Bertz CT molecular complexity index is 674. The summed E-state index contributed by atoms with van der Waals surface area (Å²) in [6.07, 6.45) is -4.43. The molecule has 4 nitrogen and oxygen atoms in total. The number of thiazole rings is 1. The van der Waals surface area contributed by atoms with E-state index in [2.05, 4.69) is 4.98 Å². The minimum absolute atomic E-state index is 0.0948. The lowest BCUT2D eigenvalue weighted by Gasteiger charge is -2.06. The summed E-state index contributed by atoms with van der Waals surface area (Å²) < 4.78 is 37.4. The smallest absolute Gasteiger partial charge is 0.364 e. The minimum atomic E-state index is -4.43. The molecular formula is C13H9F3N2O2S. The first-order valence-electron chi connectivity index (χ1n) is 5.69. The Morgan fingerprint density at radius 1 is 1.19 bits per heavy atom. The van der Waals surface area contributed by atoms with Gasteiger partial charge in [-0.1, -0.05) is 12.1 Å². The molecule has 0 saturated heterocycles. The van der Waals surface area contributed by atoms with Crippen LogP contribution in [0.25, 0.3) is 10.6 Å². The van der Waals surface area contributed by atoms with E-state index >= 15 is 0 Å². The fourth-order valence-electron chi connectivity index (χ4n) is 1.65. The molecule has 0 fully saturated rings. The monoisotopic (exact) mass is 314 g/mol. The zero-order chi connectivity index (χ0) is 15.8. The first-order chi connectivity index (χ1) is 9.70. The number of alkyl halides is 3. The third-order valence-corrected chi connectivity index (χ3v) is 3.84. The van der Waals surface area contributed by atoms with Crippen molar-refractivity contribution in [3.63, 3.8) is 0 Å². The van der Waals surface area contributed by atoms with E-state index < -0.39 is 17.6 Å². The topological polar surface area (TPSA) is 73.1 Å². The molecule has 8 heteroatoms. The third kappa shape index (κ3) is 3.10. The van der Waals surface area contributed by atoms with E-state index in [-0.39, 0.29) is 21.4 Å². The number of ketones is 1. The van der Waals surface area contributed by atoms with E-state index in [0.717, 1.165) is 23.5 Å². The lowest BCUT2D eigenvalue weighted by atomic mass is 10.1. The van der Waals surface area contributed by atoms with Crippen molar-refractivity contribution in [3.05, 3.63) is 40.4 Å². The highest BCUT2D eigenvalue weighted by Crippen LogP contribution is 2.33. The summed E-state index contributed by atoms with van der Waals surface area (Å²) in [6, 6.07) is 4.29. The molecule has 0 radical (unpaired) electrons. The highest BCUT2D eigenvalue weighted by atomic mass is 32.1. The number of hydrogen-bond donors (Lipinski definition) is 1. The molecule has 0 aliphatic carbocycles. The van der Waals surface area contributed by atoms with E-state index in [1.54, 1.807) is 0 Å². The second-order valence-electron chi connectivity index (χ2n) is 4.19.